The van der Waals surface area contributed by atoms with E-state index in [2.05, 4.69) is 19.2 Å². The number of unbranched alkanes of at least 4 members (excludes halogenated alkanes) is 30. The molecule has 0 aromatic heterocycles. The number of carbonyl (C=O) groups excluding carboxylic acids is 3. The highest BCUT2D eigenvalue weighted by atomic mass is 16.5. The zero-order valence-electron chi connectivity index (χ0n) is 33.9. The van der Waals surface area contributed by atoms with Gasteiger partial charge in [0.25, 0.3) is 0 Å². The van der Waals surface area contributed by atoms with Gasteiger partial charge in [0.1, 0.15) is 12.2 Å². The van der Waals surface area contributed by atoms with E-state index in [9.17, 15) is 19.5 Å². The second kappa shape index (κ2) is 37.3. The van der Waals surface area contributed by atoms with Crippen LogP contribution < -0.4 is 5.32 Å². The van der Waals surface area contributed by atoms with Crippen molar-refractivity contribution in [2.45, 2.75) is 264 Å². The summed E-state index contributed by atoms with van der Waals surface area (Å²) < 4.78 is 5.58. The van der Waals surface area contributed by atoms with Crippen LogP contribution in [0.3, 0.4) is 0 Å². The Morgan fingerprint density at radius 2 is 0.780 bits per heavy atom. The molecular weight excluding hydrogens is 622 g/mol. The van der Waals surface area contributed by atoms with Crippen molar-refractivity contribution in [2.75, 3.05) is 0 Å². The highest BCUT2D eigenvalue weighted by molar-refractivity contribution is 5.83. The third kappa shape index (κ3) is 32.5. The molecule has 6 nitrogen and oxygen atoms in total. The molecule has 0 aliphatic rings. The van der Waals surface area contributed by atoms with Crippen molar-refractivity contribution in [3.8, 4) is 0 Å². The molecule has 0 aromatic carbocycles. The van der Waals surface area contributed by atoms with E-state index in [0.29, 0.717) is 12.8 Å². The number of hydrogen-bond donors (Lipinski definition) is 2. The molecule has 1 amide bonds. The highest BCUT2D eigenvalue weighted by Crippen LogP contribution is 2.19. The number of nitrogens with one attached hydrogen (secondary N) is 1. The van der Waals surface area contributed by atoms with Gasteiger partial charge >= 0.3 is 5.97 Å². The molecular formula is C44H85NO5. The van der Waals surface area contributed by atoms with Crippen LogP contribution in [0.4, 0.5) is 0 Å². The Kier molecular flexibility index (Phi) is 36.3. The third-order valence-corrected chi connectivity index (χ3v) is 10.4. The summed E-state index contributed by atoms with van der Waals surface area (Å²) in [5.41, 5.74) is 0. The van der Waals surface area contributed by atoms with Gasteiger partial charge < -0.3 is 15.2 Å². The molecule has 2 N–H and O–H groups in total. The number of ketones is 1. The van der Waals surface area contributed by atoms with E-state index in [0.717, 1.165) is 38.5 Å². The van der Waals surface area contributed by atoms with Gasteiger partial charge in [0.05, 0.1) is 6.04 Å². The van der Waals surface area contributed by atoms with E-state index in [1.807, 2.05) is 0 Å². The number of hydrogen-bond acceptors (Lipinski definition) is 5. The number of aliphatic hydroxyl groups is 1. The van der Waals surface area contributed by atoms with Crippen LogP contribution in [-0.4, -0.2) is 41.0 Å². The van der Waals surface area contributed by atoms with Gasteiger partial charge in [0, 0.05) is 13.3 Å². The molecule has 0 bridgehead atoms. The quantitative estimate of drug-likeness (QED) is 0.0490. The topological polar surface area (TPSA) is 92.7 Å². The molecule has 0 aliphatic heterocycles. The number of rotatable bonds is 39. The molecule has 0 radical (unpaired) electrons. The van der Waals surface area contributed by atoms with Crippen molar-refractivity contribution in [2.24, 2.45) is 0 Å². The molecule has 3 atom stereocenters. The van der Waals surface area contributed by atoms with Gasteiger partial charge in [-0.25, -0.2) is 0 Å². The van der Waals surface area contributed by atoms with Gasteiger partial charge in [-0.1, -0.05) is 206 Å². The van der Waals surface area contributed by atoms with Crippen molar-refractivity contribution in [1.29, 1.82) is 0 Å². The lowest BCUT2D eigenvalue weighted by atomic mass is 9.96. The summed E-state index contributed by atoms with van der Waals surface area (Å²) in [6, 6.07) is -0.915. The molecule has 0 saturated carbocycles. The Hall–Kier alpha value is -1.43. The van der Waals surface area contributed by atoms with E-state index in [4.69, 9.17) is 4.74 Å². The third-order valence-electron chi connectivity index (χ3n) is 10.4. The Bertz CT molecular complexity index is 772. The predicted octanol–water partition coefficient (Wildman–Crippen LogP) is 12.7. The van der Waals surface area contributed by atoms with E-state index >= 15 is 0 Å². The normalized spacial score (nSPS) is 13.2. The first-order valence-electron chi connectivity index (χ1n) is 22.0. The smallest absolute Gasteiger partial charge is 0.302 e. The van der Waals surface area contributed by atoms with Crippen molar-refractivity contribution in [3.63, 3.8) is 0 Å². The average Bonchev–Trinajstić information content (AvgIpc) is 3.09. The second-order valence-electron chi connectivity index (χ2n) is 15.4. The summed E-state index contributed by atoms with van der Waals surface area (Å²) in [6.45, 7) is 7.20. The Morgan fingerprint density at radius 3 is 1.08 bits per heavy atom. The lowest BCUT2D eigenvalue weighted by Gasteiger charge is -2.30. The fourth-order valence-electron chi connectivity index (χ4n) is 7.14. The largest absolute Gasteiger partial charge is 0.460 e. The Labute approximate surface area is 310 Å². The van der Waals surface area contributed by atoms with Crippen LogP contribution in [0.15, 0.2) is 0 Å². The monoisotopic (exact) mass is 708 g/mol. The van der Waals surface area contributed by atoms with Crippen LogP contribution in [0.1, 0.15) is 246 Å². The minimum atomic E-state index is -1.39. The van der Waals surface area contributed by atoms with Crippen LogP contribution in [0, 0.1) is 0 Å². The number of amides is 1. The van der Waals surface area contributed by atoms with Gasteiger partial charge in [-0.2, -0.15) is 0 Å². The number of carbonyl (C=O) groups is 3. The van der Waals surface area contributed by atoms with Crippen LogP contribution in [0.25, 0.3) is 0 Å². The number of Topliss-reactive ketones (excluding diaryl/α,β-unsaturated/α-hetero) is 1. The summed E-state index contributed by atoms with van der Waals surface area (Å²) in [5, 5.41) is 13.6. The van der Waals surface area contributed by atoms with Gasteiger partial charge in [0.2, 0.25) is 5.91 Å². The Balaban J connectivity index is 4.16. The summed E-state index contributed by atoms with van der Waals surface area (Å²) in [7, 11) is 0. The van der Waals surface area contributed by atoms with Crippen molar-refractivity contribution < 1.29 is 24.2 Å². The standard InChI is InChI=1S/C44H85NO5/c1-5-7-9-11-13-15-17-19-21-22-24-26-28-30-32-34-36-38-42(48)45-43(44(49)39(3)46)41(50-40(4)47)37-35-33-31-29-27-25-23-20-18-16-14-12-10-8-6-2/h41,43-44,49H,5-38H2,1-4H3,(H,45,48). The molecule has 296 valence electrons. The fourth-order valence-corrected chi connectivity index (χ4v) is 7.14. The molecule has 6 heteroatoms. The second-order valence-corrected chi connectivity index (χ2v) is 15.4. The first kappa shape index (κ1) is 48.6. The average molecular weight is 708 g/mol. The summed E-state index contributed by atoms with van der Waals surface area (Å²) in [6.07, 6.45) is 39.7. The number of ether oxygens (including phenoxy) is 1. The molecule has 0 aromatic rings. The molecule has 0 rings (SSSR count). The molecule has 0 fully saturated rings. The number of aliphatic hydroxyl groups excluding tert-OH is 1. The molecule has 0 heterocycles. The summed E-state index contributed by atoms with van der Waals surface area (Å²) >= 11 is 0. The van der Waals surface area contributed by atoms with Crippen LogP contribution >= 0.6 is 0 Å². The minimum absolute atomic E-state index is 0.190. The first-order chi connectivity index (χ1) is 24.3. The predicted molar refractivity (Wildman–Crippen MR) is 212 cm³/mol. The summed E-state index contributed by atoms with van der Waals surface area (Å²) in [4.78, 5) is 37.0. The van der Waals surface area contributed by atoms with Gasteiger partial charge in [-0.3, -0.25) is 14.4 Å². The van der Waals surface area contributed by atoms with Gasteiger partial charge in [-0.05, 0) is 26.2 Å². The van der Waals surface area contributed by atoms with Crippen molar-refractivity contribution in [1.82, 2.24) is 5.32 Å². The fraction of sp³-hybridized carbons (Fsp3) is 0.932. The zero-order valence-corrected chi connectivity index (χ0v) is 33.9. The van der Waals surface area contributed by atoms with E-state index in [-0.39, 0.29) is 5.91 Å². The van der Waals surface area contributed by atoms with Crippen LogP contribution in [0.5, 0.6) is 0 Å². The van der Waals surface area contributed by atoms with Crippen molar-refractivity contribution >= 4 is 17.7 Å². The maximum Gasteiger partial charge on any atom is 0.302 e. The maximum absolute atomic E-state index is 12.9. The first-order valence-corrected chi connectivity index (χ1v) is 22.0. The number of esters is 1. The van der Waals surface area contributed by atoms with Crippen LogP contribution in [-0.2, 0) is 19.1 Å². The van der Waals surface area contributed by atoms with E-state index < -0.39 is 30.0 Å². The van der Waals surface area contributed by atoms with Crippen LogP contribution in [0.2, 0.25) is 0 Å². The highest BCUT2D eigenvalue weighted by Gasteiger charge is 2.34. The van der Waals surface area contributed by atoms with E-state index in [1.165, 1.54) is 181 Å². The molecule has 0 spiro atoms. The van der Waals surface area contributed by atoms with Gasteiger partial charge in [0.15, 0.2) is 5.78 Å². The maximum atomic E-state index is 12.9. The minimum Gasteiger partial charge on any atom is -0.460 e. The summed E-state index contributed by atoms with van der Waals surface area (Å²) in [5.74, 6) is -1.08. The molecule has 0 saturated heterocycles. The SMILES string of the molecule is CCCCCCCCCCCCCCCCCCCC(=O)NC(C(CCCCCCCCCCCCCCCCC)OC(C)=O)C(O)C(C)=O. The van der Waals surface area contributed by atoms with E-state index in [1.54, 1.807) is 0 Å². The lowest BCUT2D eigenvalue weighted by Crippen LogP contribution is -2.54. The molecule has 0 aliphatic carbocycles. The molecule has 3 unspecified atom stereocenters. The molecule has 50 heavy (non-hydrogen) atoms. The lowest BCUT2D eigenvalue weighted by molar-refractivity contribution is -0.153. The van der Waals surface area contributed by atoms with Gasteiger partial charge in [-0.15, -0.1) is 0 Å². The van der Waals surface area contributed by atoms with Crippen molar-refractivity contribution in [3.05, 3.63) is 0 Å². The Morgan fingerprint density at radius 1 is 0.480 bits per heavy atom. The zero-order chi connectivity index (χ0) is 36.9.